The van der Waals surface area contributed by atoms with E-state index in [-0.39, 0.29) is 24.0 Å². The second kappa shape index (κ2) is 8.16. The SMILES string of the molecule is Fc1ccccc1N1C(=S)N[C@@H](c2ccccn2)[C@@H]1c1cccn1C[C@@H]1CCCO1. The van der Waals surface area contributed by atoms with Crippen LogP contribution in [0.4, 0.5) is 10.1 Å². The van der Waals surface area contributed by atoms with Gasteiger partial charge in [-0.3, -0.25) is 4.98 Å². The molecule has 0 bridgehead atoms. The molecule has 2 aliphatic rings. The lowest BCUT2D eigenvalue weighted by Gasteiger charge is -2.29. The van der Waals surface area contributed by atoms with Crippen LogP contribution in [-0.2, 0) is 11.3 Å². The molecule has 0 aliphatic carbocycles. The van der Waals surface area contributed by atoms with Crippen molar-refractivity contribution in [2.75, 3.05) is 11.5 Å². The molecule has 1 N–H and O–H groups in total. The number of halogens is 1. The van der Waals surface area contributed by atoms with Crippen LogP contribution in [0, 0.1) is 5.82 Å². The lowest BCUT2D eigenvalue weighted by atomic mass is 10.0. The Morgan fingerprint density at radius 3 is 2.77 bits per heavy atom. The predicted octanol–water partition coefficient (Wildman–Crippen LogP) is 4.38. The van der Waals surface area contributed by atoms with Crippen LogP contribution in [0.15, 0.2) is 67.0 Å². The van der Waals surface area contributed by atoms with Crippen LogP contribution in [0.1, 0.15) is 36.3 Å². The fraction of sp³-hybridized carbons (Fsp3) is 0.304. The van der Waals surface area contributed by atoms with Crippen molar-refractivity contribution < 1.29 is 9.13 Å². The summed E-state index contributed by atoms with van der Waals surface area (Å²) in [5.74, 6) is -0.300. The van der Waals surface area contributed by atoms with Crippen LogP contribution in [0.25, 0.3) is 0 Å². The van der Waals surface area contributed by atoms with Crippen molar-refractivity contribution in [2.45, 2.75) is 37.6 Å². The van der Waals surface area contributed by atoms with E-state index in [1.807, 2.05) is 35.2 Å². The zero-order chi connectivity index (χ0) is 20.5. The van der Waals surface area contributed by atoms with Gasteiger partial charge in [0, 0.05) is 31.2 Å². The molecule has 1 aromatic carbocycles. The summed E-state index contributed by atoms with van der Waals surface area (Å²) in [7, 11) is 0. The second-order valence-corrected chi connectivity index (χ2v) is 8.06. The number of nitrogens with zero attached hydrogens (tertiary/aromatic N) is 3. The Morgan fingerprint density at radius 2 is 2.00 bits per heavy atom. The van der Waals surface area contributed by atoms with Gasteiger partial charge in [-0.25, -0.2) is 4.39 Å². The molecule has 5 rings (SSSR count). The zero-order valence-corrected chi connectivity index (χ0v) is 17.3. The molecule has 4 heterocycles. The Balaban J connectivity index is 1.59. The number of rotatable bonds is 5. The van der Waals surface area contributed by atoms with Crippen molar-refractivity contribution in [3.63, 3.8) is 0 Å². The van der Waals surface area contributed by atoms with E-state index >= 15 is 0 Å². The molecule has 3 aromatic rings. The number of para-hydroxylation sites is 1. The van der Waals surface area contributed by atoms with E-state index in [0.717, 1.165) is 37.4 Å². The van der Waals surface area contributed by atoms with Crippen LogP contribution in [0.2, 0.25) is 0 Å². The van der Waals surface area contributed by atoms with Gasteiger partial charge in [0.1, 0.15) is 11.9 Å². The number of hydrogen-bond acceptors (Lipinski definition) is 3. The van der Waals surface area contributed by atoms with Gasteiger partial charge in [-0.05, 0) is 61.5 Å². The summed E-state index contributed by atoms with van der Waals surface area (Å²) in [6.45, 7) is 1.58. The number of benzene rings is 1. The Labute approximate surface area is 180 Å². The monoisotopic (exact) mass is 422 g/mol. The maximum atomic E-state index is 14.8. The highest BCUT2D eigenvalue weighted by molar-refractivity contribution is 7.80. The molecule has 7 heteroatoms. The number of nitrogens with one attached hydrogen (secondary N) is 1. The first kappa shape index (κ1) is 19.2. The third-order valence-corrected chi connectivity index (χ3v) is 6.12. The van der Waals surface area contributed by atoms with Crippen molar-refractivity contribution in [2.24, 2.45) is 0 Å². The number of pyridine rings is 1. The van der Waals surface area contributed by atoms with Crippen LogP contribution < -0.4 is 10.2 Å². The molecule has 3 atom stereocenters. The Bertz CT molecular complexity index is 1030. The molecule has 0 amide bonds. The molecule has 0 radical (unpaired) electrons. The highest BCUT2D eigenvalue weighted by Crippen LogP contribution is 2.42. The highest BCUT2D eigenvalue weighted by Gasteiger charge is 2.43. The third kappa shape index (κ3) is 3.48. The van der Waals surface area contributed by atoms with Gasteiger partial charge in [0.05, 0.1) is 23.5 Å². The topological polar surface area (TPSA) is 42.3 Å². The van der Waals surface area contributed by atoms with Gasteiger partial charge in [0.15, 0.2) is 5.11 Å². The normalized spacial score (nSPS) is 23.7. The summed E-state index contributed by atoms with van der Waals surface area (Å²) in [6, 6.07) is 16.3. The van der Waals surface area contributed by atoms with Gasteiger partial charge >= 0.3 is 0 Å². The van der Waals surface area contributed by atoms with E-state index in [1.165, 1.54) is 6.07 Å². The van der Waals surface area contributed by atoms with E-state index in [9.17, 15) is 4.39 Å². The quantitative estimate of drug-likeness (QED) is 0.618. The van der Waals surface area contributed by atoms with Gasteiger partial charge < -0.3 is 19.5 Å². The zero-order valence-electron chi connectivity index (χ0n) is 16.4. The molecule has 5 nitrogen and oxygen atoms in total. The number of aromatic nitrogens is 2. The van der Waals surface area contributed by atoms with Gasteiger partial charge in [-0.2, -0.15) is 0 Å². The van der Waals surface area contributed by atoms with Crippen LogP contribution in [0.5, 0.6) is 0 Å². The lowest BCUT2D eigenvalue weighted by molar-refractivity contribution is 0.0961. The van der Waals surface area contributed by atoms with E-state index < -0.39 is 0 Å². The first-order valence-corrected chi connectivity index (χ1v) is 10.6. The van der Waals surface area contributed by atoms with Crippen molar-refractivity contribution in [1.29, 1.82) is 0 Å². The molecule has 2 aliphatic heterocycles. The first-order valence-electron chi connectivity index (χ1n) is 10.2. The fourth-order valence-corrected chi connectivity index (χ4v) is 4.77. The minimum Gasteiger partial charge on any atom is -0.376 e. The molecule has 2 fully saturated rings. The van der Waals surface area contributed by atoms with Crippen molar-refractivity contribution in [3.05, 3.63) is 84.2 Å². The van der Waals surface area contributed by atoms with E-state index in [0.29, 0.717) is 10.8 Å². The maximum absolute atomic E-state index is 14.8. The molecule has 2 aromatic heterocycles. The van der Waals surface area contributed by atoms with E-state index in [1.54, 1.807) is 18.3 Å². The number of anilines is 1. The first-order chi connectivity index (χ1) is 14.7. The molecule has 30 heavy (non-hydrogen) atoms. The van der Waals surface area contributed by atoms with Crippen LogP contribution >= 0.6 is 12.2 Å². The Kier molecular flexibility index (Phi) is 5.23. The van der Waals surface area contributed by atoms with Gasteiger partial charge in [0.2, 0.25) is 0 Å². The average molecular weight is 423 g/mol. The number of hydrogen-bond donors (Lipinski definition) is 1. The summed E-state index contributed by atoms with van der Waals surface area (Å²) in [4.78, 5) is 6.44. The Hall–Kier alpha value is -2.77. The lowest BCUT2D eigenvalue weighted by Crippen LogP contribution is -2.31. The van der Waals surface area contributed by atoms with Crippen molar-refractivity contribution >= 4 is 23.0 Å². The summed E-state index contributed by atoms with van der Waals surface area (Å²) >= 11 is 5.68. The minimum atomic E-state index is -0.300. The van der Waals surface area contributed by atoms with Crippen molar-refractivity contribution in [3.8, 4) is 0 Å². The summed E-state index contributed by atoms with van der Waals surface area (Å²) < 4.78 is 22.9. The highest BCUT2D eigenvalue weighted by atomic mass is 32.1. The molecule has 0 spiro atoms. The average Bonchev–Trinajstić information content (AvgIpc) is 3.50. The number of ether oxygens (including phenoxy) is 1. The van der Waals surface area contributed by atoms with Crippen molar-refractivity contribution in [1.82, 2.24) is 14.9 Å². The predicted molar refractivity (Wildman–Crippen MR) is 118 cm³/mol. The smallest absolute Gasteiger partial charge is 0.174 e. The summed E-state index contributed by atoms with van der Waals surface area (Å²) in [6.07, 6.45) is 6.18. The van der Waals surface area contributed by atoms with E-state index in [2.05, 4.69) is 27.1 Å². The molecule has 2 saturated heterocycles. The number of thiocarbonyl (C=S) groups is 1. The minimum absolute atomic E-state index is 0.198. The Morgan fingerprint density at radius 1 is 1.13 bits per heavy atom. The van der Waals surface area contributed by atoms with E-state index in [4.69, 9.17) is 17.0 Å². The largest absolute Gasteiger partial charge is 0.376 e. The molecule has 0 unspecified atom stereocenters. The van der Waals surface area contributed by atoms with Gasteiger partial charge in [-0.1, -0.05) is 18.2 Å². The summed E-state index contributed by atoms with van der Waals surface area (Å²) in [5, 5.41) is 3.88. The maximum Gasteiger partial charge on any atom is 0.174 e. The standard InChI is InChI=1S/C23H23FN4OS/c24-17-8-1-2-10-19(17)28-22(21(26-23(28)30)18-9-3-4-12-25-18)20-11-5-13-27(20)15-16-7-6-14-29-16/h1-5,8-13,16,21-22H,6-7,14-15H2,(H,26,30)/t16-,21-,22-/m0/s1. The van der Waals surface area contributed by atoms with Crippen LogP contribution in [-0.4, -0.2) is 27.4 Å². The molecule has 0 saturated carbocycles. The van der Waals surface area contributed by atoms with Gasteiger partial charge in [-0.15, -0.1) is 0 Å². The van der Waals surface area contributed by atoms with Crippen LogP contribution in [0.3, 0.4) is 0 Å². The second-order valence-electron chi connectivity index (χ2n) is 7.67. The molecular formula is C23H23FN4OS. The molecule has 154 valence electrons. The van der Waals surface area contributed by atoms with Gasteiger partial charge in [0.25, 0.3) is 0 Å². The third-order valence-electron chi connectivity index (χ3n) is 5.80. The molecular weight excluding hydrogens is 399 g/mol. The summed E-state index contributed by atoms with van der Waals surface area (Å²) in [5.41, 5.74) is 2.38. The fourth-order valence-electron chi connectivity index (χ4n) is 4.43.